The van der Waals surface area contributed by atoms with Crippen molar-refractivity contribution in [2.75, 3.05) is 7.11 Å². The van der Waals surface area contributed by atoms with Gasteiger partial charge >= 0.3 is 5.97 Å². The molecule has 2 N–H and O–H groups in total. The highest BCUT2D eigenvalue weighted by molar-refractivity contribution is 5.70. The van der Waals surface area contributed by atoms with Crippen LogP contribution in [0.3, 0.4) is 0 Å². The van der Waals surface area contributed by atoms with Crippen molar-refractivity contribution < 1.29 is 19.7 Å². The van der Waals surface area contributed by atoms with Crippen LogP contribution >= 0.6 is 0 Å². The SMILES string of the molecule is COc1ccc(CC(CC(C)O)C(=O)O)cc1. The van der Waals surface area contributed by atoms with Crippen molar-refractivity contribution >= 4 is 5.97 Å². The largest absolute Gasteiger partial charge is 0.497 e. The summed E-state index contributed by atoms with van der Waals surface area (Å²) in [6.45, 7) is 1.60. The topological polar surface area (TPSA) is 66.8 Å². The Bertz CT molecular complexity index is 356. The van der Waals surface area contributed by atoms with Gasteiger partial charge in [0, 0.05) is 0 Å². The molecule has 94 valence electrons. The summed E-state index contributed by atoms with van der Waals surface area (Å²) in [5.41, 5.74) is 0.929. The molecule has 0 saturated carbocycles. The fraction of sp³-hybridized carbons (Fsp3) is 0.462. The van der Waals surface area contributed by atoms with Crippen LogP contribution in [0.4, 0.5) is 0 Å². The Kier molecular flexibility index (Phi) is 4.97. The molecule has 1 rings (SSSR count). The van der Waals surface area contributed by atoms with Crippen molar-refractivity contribution in [3.63, 3.8) is 0 Å². The fourth-order valence-electron chi connectivity index (χ4n) is 1.73. The number of hydrogen-bond donors (Lipinski definition) is 2. The zero-order valence-corrected chi connectivity index (χ0v) is 10.1. The molecule has 2 unspecified atom stereocenters. The molecule has 0 aliphatic carbocycles. The standard InChI is InChI=1S/C13H18O4/c1-9(14)7-11(13(15)16)8-10-3-5-12(17-2)6-4-10/h3-6,9,11,14H,7-8H2,1-2H3,(H,15,16). The summed E-state index contributed by atoms with van der Waals surface area (Å²) < 4.78 is 5.03. The average Bonchev–Trinajstić information content (AvgIpc) is 2.28. The van der Waals surface area contributed by atoms with Crippen molar-refractivity contribution in [3.05, 3.63) is 29.8 Å². The van der Waals surface area contributed by atoms with Crippen molar-refractivity contribution in [1.82, 2.24) is 0 Å². The van der Waals surface area contributed by atoms with Gasteiger partial charge in [0.15, 0.2) is 0 Å². The molecule has 17 heavy (non-hydrogen) atoms. The van der Waals surface area contributed by atoms with E-state index in [9.17, 15) is 9.90 Å². The van der Waals surface area contributed by atoms with Gasteiger partial charge in [-0.2, -0.15) is 0 Å². The maximum Gasteiger partial charge on any atom is 0.306 e. The van der Waals surface area contributed by atoms with E-state index in [1.165, 1.54) is 0 Å². The number of rotatable bonds is 6. The van der Waals surface area contributed by atoms with Crippen LogP contribution < -0.4 is 4.74 Å². The quantitative estimate of drug-likeness (QED) is 0.791. The van der Waals surface area contributed by atoms with E-state index >= 15 is 0 Å². The Morgan fingerprint density at radius 3 is 2.35 bits per heavy atom. The lowest BCUT2D eigenvalue weighted by atomic mass is 9.94. The van der Waals surface area contributed by atoms with E-state index in [4.69, 9.17) is 9.84 Å². The summed E-state index contributed by atoms with van der Waals surface area (Å²) in [5.74, 6) is -0.679. The molecular formula is C13H18O4. The van der Waals surface area contributed by atoms with E-state index < -0.39 is 18.0 Å². The smallest absolute Gasteiger partial charge is 0.306 e. The third-order valence-corrected chi connectivity index (χ3v) is 2.62. The van der Waals surface area contributed by atoms with Crippen LogP contribution in [0.15, 0.2) is 24.3 Å². The first-order valence-electron chi connectivity index (χ1n) is 5.56. The van der Waals surface area contributed by atoms with Crippen molar-refractivity contribution in [1.29, 1.82) is 0 Å². The molecule has 0 aromatic heterocycles. The molecule has 0 heterocycles. The third kappa shape index (κ3) is 4.44. The summed E-state index contributed by atoms with van der Waals surface area (Å²) in [6.07, 6.45) is 0.0836. The summed E-state index contributed by atoms with van der Waals surface area (Å²) in [4.78, 5) is 11.0. The van der Waals surface area contributed by atoms with Crippen molar-refractivity contribution in [2.45, 2.75) is 25.9 Å². The minimum Gasteiger partial charge on any atom is -0.497 e. The van der Waals surface area contributed by atoms with Gasteiger partial charge in [0.25, 0.3) is 0 Å². The number of carboxylic acid groups (broad SMARTS) is 1. The van der Waals surface area contributed by atoms with Gasteiger partial charge in [0.2, 0.25) is 0 Å². The van der Waals surface area contributed by atoms with Crippen LogP contribution in [0.1, 0.15) is 18.9 Å². The fourth-order valence-corrected chi connectivity index (χ4v) is 1.73. The molecule has 0 aliphatic heterocycles. The van der Waals surface area contributed by atoms with Crippen molar-refractivity contribution in [3.8, 4) is 5.75 Å². The van der Waals surface area contributed by atoms with E-state index in [2.05, 4.69) is 0 Å². The predicted octanol–water partition coefficient (Wildman–Crippen LogP) is 1.71. The maximum atomic E-state index is 11.0. The minimum absolute atomic E-state index is 0.265. The van der Waals surface area contributed by atoms with Crippen LogP contribution in [-0.4, -0.2) is 29.4 Å². The van der Waals surface area contributed by atoms with Crippen LogP contribution in [0.25, 0.3) is 0 Å². The second-order valence-electron chi connectivity index (χ2n) is 4.17. The number of carbonyl (C=O) groups is 1. The molecule has 0 saturated heterocycles. The Balaban J connectivity index is 2.68. The van der Waals surface area contributed by atoms with E-state index in [1.807, 2.05) is 12.1 Å². The highest BCUT2D eigenvalue weighted by atomic mass is 16.5. The van der Waals surface area contributed by atoms with E-state index in [0.29, 0.717) is 6.42 Å². The number of aliphatic hydroxyl groups excluding tert-OH is 1. The van der Waals surface area contributed by atoms with E-state index in [-0.39, 0.29) is 6.42 Å². The molecule has 0 radical (unpaired) electrons. The summed E-state index contributed by atoms with van der Waals surface area (Å²) in [5, 5.41) is 18.3. The number of benzene rings is 1. The van der Waals surface area contributed by atoms with E-state index in [1.54, 1.807) is 26.2 Å². The van der Waals surface area contributed by atoms with Gasteiger partial charge in [-0.25, -0.2) is 0 Å². The first kappa shape index (κ1) is 13.5. The van der Waals surface area contributed by atoms with Crippen LogP contribution in [0, 0.1) is 5.92 Å². The lowest BCUT2D eigenvalue weighted by Crippen LogP contribution is -2.21. The molecular weight excluding hydrogens is 220 g/mol. The molecule has 1 aromatic carbocycles. The van der Waals surface area contributed by atoms with Crippen LogP contribution in [-0.2, 0) is 11.2 Å². The van der Waals surface area contributed by atoms with Gasteiger partial charge in [0.1, 0.15) is 5.75 Å². The summed E-state index contributed by atoms with van der Waals surface area (Å²) >= 11 is 0. The van der Waals surface area contributed by atoms with Crippen molar-refractivity contribution in [2.24, 2.45) is 5.92 Å². The lowest BCUT2D eigenvalue weighted by molar-refractivity contribution is -0.142. The predicted molar refractivity (Wildman–Crippen MR) is 64.1 cm³/mol. The second-order valence-corrected chi connectivity index (χ2v) is 4.17. The molecule has 0 bridgehead atoms. The van der Waals surface area contributed by atoms with Gasteiger partial charge < -0.3 is 14.9 Å². The number of aliphatic carboxylic acids is 1. The Hall–Kier alpha value is -1.55. The summed E-state index contributed by atoms with van der Waals surface area (Å²) in [7, 11) is 1.59. The average molecular weight is 238 g/mol. The number of hydrogen-bond acceptors (Lipinski definition) is 3. The zero-order valence-electron chi connectivity index (χ0n) is 10.1. The van der Waals surface area contributed by atoms with Gasteiger partial charge in [-0.05, 0) is 37.5 Å². The normalized spacial score (nSPS) is 14.1. The molecule has 0 spiro atoms. The number of aliphatic hydroxyl groups is 1. The van der Waals surface area contributed by atoms with E-state index in [0.717, 1.165) is 11.3 Å². The highest BCUT2D eigenvalue weighted by Crippen LogP contribution is 2.17. The third-order valence-electron chi connectivity index (χ3n) is 2.62. The number of methoxy groups -OCH3 is 1. The Morgan fingerprint density at radius 1 is 1.35 bits per heavy atom. The highest BCUT2D eigenvalue weighted by Gasteiger charge is 2.19. The van der Waals surface area contributed by atoms with Gasteiger partial charge in [0.05, 0.1) is 19.1 Å². The van der Waals surface area contributed by atoms with Crippen LogP contribution in [0.2, 0.25) is 0 Å². The molecule has 4 nitrogen and oxygen atoms in total. The first-order valence-corrected chi connectivity index (χ1v) is 5.56. The van der Waals surface area contributed by atoms with Gasteiger partial charge in [-0.3, -0.25) is 4.79 Å². The monoisotopic (exact) mass is 238 g/mol. The Morgan fingerprint density at radius 2 is 1.94 bits per heavy atom. The van der Waals surface area contributed by atoms with Gasteiger partial charge in [-0.15, -0.1) is 0 Å². The molecule has 0 amide bonds. The zero-order chi connectivity index (χ0) is 12.8. The molecule has 2 atom stereocenters. The minimum atomic E-state index is -0.873. The Labute approximate surface area is 101 Å². The molecule has 4 heteroatoms. The molecule has 1 aromatic rings. The number of carboxylic acids is 1. The first-order chi connectivity index (χ1) is 8.02. The van der Waals surface area contributed by atoms with Crippen LogP contribution in [0.5, 0.6) is 5.75 Å². The number of ether oxygens (including phenoxy) is 1. The molecule has 0 fully saturated rings. The second kappa shape index (κ2) is 6.25. The molecule has 0 aliphatic rings. The lowest BCUT2D eigenvalue weighted by Gasteiger charge is -2.14. The summed E-state index contributed by atoms with van der Waals surface area (Å²) in [6, 6.07) is 7.29. The maximum absolute atomic E-state index is 11.0. The van der Waals surface area contributed by atoms with Gasteiger partial charge in [-0.1, -0.05) is 12.1 Å².